The average molecular weight is 248 g/mol. The first-order chi connectivity index (χ1) is 7.42. The van der Waals surface area contributed by atoms with Crippen molar-refractivity contribution in [2.75, 3.05) is 12.9 Å². The highest BCUT2D eigenvalue weighted by Crippen LogP contribution is 2.10. The second-order valence-corrected chi connectivity index (χ2v) is 5.47. The Hall–Kier alpha value is -0.420. The maximum atomic E-state index is 11.6. The number of aliphatic hydroxyl groups excluding tert-OH is 1. The summed E-state index contributed by atoms with van der Waals surface area (Å²) in [4.78, 5) is 11.6. The Morgan fingerprint density at radius 2 is 1.69 bits per heavy atom. The highest BCUT2D eigenvalue weighted by Gasteiger charge is 2.18. The van der Waals surface area contributed by atoms with Gasteiger partial charge in [-0.2, -0.15) is 11.8 Å². The fourth-order valence-electron chi connectivity index (χ4n) is 1.15. The molecule has 0 aromatic carbocycles. The number of urea groups is 1. The molecule has 96 valence electrons. The van der Waals surface area contributed by atoms with Crippen LogP contribution in [0.5, 0.6) is 0 Å². The summed E-state index contributed by atoms with van der Waals surface area (Å²) in [6, 6.07) is -0.0605. The van der Waals surface area contributed by atoms with E-state index < -0.39 is 0 Å². The fourth-order valence-corrected chi connectivity index (χ4v) is 1.78. The molecule has 3 N–H and O–H groups in total. The van der Waals surface area contributed by atoms with Crippen LogP contribution in [0.4, 0.5) is 4.79 Å². The van der Waals surface area contributed by atoms with Gasteiger partial charge >= 0.3 is 6.03 Å². The van der Waals surface area contributed by atoms with E-state index in [1.807, 2.05) is 20.1 Å². The average Bonchev–Trinajstić information content (AvgIpc) is 2.18. The lowest BCUT2D eigenvalue weighted by atomic mass is 10.1. The maximum absolute atomic E-state index is 11.6. The standard InChI is InChI=1S/C11H24N2O2S/c1-7(2)8(3)12-11(15)13-9(4)10(6-14)16-5/h7-10,14H,6H2,1-5H3,(H2,12,13,15). The topological polar surface area (TPSA) is 61.4 Å². The van der Waals surface area contributed by atoms with Crippen LogP contribution in [-0.2, 0) is 0 Å². The number of aliphatic hydroxyl groups is 1. The lowest BCUT2D eigenvalue weighted by Crippen LogP contribution is -2.49. The summed E-state index contributed by atoms with van der Waals surface area (Å²) in [5.74, 6) is 0.412. The minimum absolute atomic E-state index is 0.0418. The van der Waals surface area contributed by atoms with Crippen molar-refractivity contribution >= 4 is 17.8 Å². The second kappa shape index (κ2) is 7.79. The Balaban J connectivity index is 4.04. The Labute approximate surface area is 103 Å². The molecule has 0 saturated carbocycles. The van der Waals surface area contributed by atoms with Crippen LogP contribution >= 0.6 is 11.8 Å². The van der Waals surface area contributed by atoms with Gasteiger partial charge in [-0.15, -0.1) is 0 Å². The molecule has 5 heteroatoms. The molecule has 0 bridgehead atoms. The van der Waals surface area contributed by atoms with E-state index in [1.54, 1.807) is 11.8 Å². The molecule has 0 aliphatic carbocycles. The lowest BCUT2D eigenvalue weighted by Gasteiger charge is -2.24. The number of amides is 2. The normalized spacial score (nSPS) is 16.7. The van der Waals surface area contributed by atoms with Crippen molar-refractivity contribution in [1.29, 1.82) is 0 Å². The molecule has 2 amide bonds. The smallest absolute Gasteiger partial charge is 0.315 e. The molecule has 3 unspecified atom stereocenters. The van der Waals surface area contributed by atoms with Gasteiger partial charge in [-0.05, 0) is 26.0 Å². The van der Waals surface area contributed by atoms with Crippen LogP contribution in [-0.4, -0.2) is 41.3 Å². The first-order valence-corrected chi connectivity index (χ1v) is 6.91. The van der Waals surface area contributed by atoms with E-state index in [1.165, 1.54) is 0 Å². The van der Waals surface area contributed by atoms with Gasteiger partial charge in [0.2, 0.25) is 0 Å². The summed E-state index contributed by atoms with van der Waals surface area (Å²) in [5, 5.41) is 14.8. The molecular formula is C11H24N2O2S. The van der Waals surface area contributed by atoms with Gasteiger partial charge in [-0.25, -0.2) is 4.79 Å². The monoisotopic (exact) mass is 248 g/mol. The van der Waals surface area contributed by atoms with Crippen LogP contribution in [0.3, 0.4) is 0 Å². The van der Waals surface area contributed by atoms with Crippen molar-refractivity contribution in [2.45, 2.75) is 45.0 Å². The van der Waals surface area contributed by atoms with Crippen molar-refractivity contribution in [3.63, 3.8) is 0 Å². The number of carbonyl (C=O) groups is 1. The van der Waals surface area contributed by atoms with Gasteiger partial charge in [-0.3, -0.25) is 0 Å². The Bertz CT molecular complexity index is 208. The third kappa shape index (κ3) is 5.61. The van der Waals surface area contributed by atoms with E-state index >= 15 is 0 Å². The number of hydrogen-bond donors (Lipinski definition) is 3. The molecule has 0 radical (unpaired) electrons. The van der Waals surface area contributed by atoms with Crippen molar-refractivity contribution < 1.29 is 9.90 Å². The van der Waals surface area contributed by atoms with E-state index in [2.05, 4.69) is 24.5 Å². The molecule has 0 spiro atoms. The molecule has 0 aliphatic rings. The van der Waals surface area contributed by atoms with Gasteiger partial charge in [-0.1, -0.05) is 13.8 Å². The molecule has 4 nitrogen and oxygen atoms in total. The van der Waals surface area contributed by atoms with Crippen LogP contribution in [0.1, 0.15) is 27.7 Å². The van der Waals surface area contributed by atoms with E-state index in [-0.39, 0.29) is 30.0 Å². The molecule has 3 atom stereocenters. The molecule has 0 saturated heterocycles. The van der Waals surface area contributed by atoms with Gasteiger partial charge in [0.05, 0.1) is 6.61 Å². The number of nitrogens with one attached hydrogen (secondary N) is 2. The summed E-state index contributed by atoms with van der Waals surface area (Å²) < 4.78 is 0. The Morgan fingerprint density at radius 3 is 2.06 bits per heavy atom. The Morgan fingerprint density at radius 1 is 1.19 bits per heavy atom. The first-order valence-electron chi connectivity index (χ1n) is 5.63. The SMILES string of the molecule is CSC(CO)C(C)NC(=O)NC(C)C(C)C. The van der Waals surface area contributed by atoms with Gasteiger partial charge in [0.1, 0.15) is 0 Å². The van der Waals surface area contributed by atoms with Crippen LogP contribution in [0, 0.1) is 5.92 Å². The highest BCUT2D eigenvalue weighted by molar-refractivity contribution is 7.99. The Kier molecular flexibility index (Phi) is 7.58. The third-order valence-corrected chi connectivity index (χ3v) is 3.92. The van der Waals surface area contributed by atoms with E-state index in [0.717, 1.165) is 0 Å². The summed E-state index contributed by atoms with van der Waals surface area (Å²) >= 11 is 1.55. The number of hydrogen-bond acceptors (Lipinski definition) is 3. The quantitative estimate of drug-likeness (QED) is 0.666. The van der Waals surface area contributed by atoms with Gasteiger partial charge < -0.3 is 15.7 Å². The van der Waals surface area contributed by atoms with E-state index in [9.17, 15) is 4.79 Å². The highest BCUT2D eigenvalue weighted by atomic mass is 32.2. The lowest BCUT2D eigenvalue weighted by molar-refractivity contribution is 0.226. The van der Waals surface area contributed by atoms with Crippen molar-refractivity contribution in [1.82, 2.24) is 10.6 Å². The number of rotatable bonds is 6. The van der Waals surface area contributed by atoms with Crippen LogP contribution in [0.2, 0.25) is 0 Å². The van der Waals surface area contributed by atoms with Crippen LogP contribution in [0.15, 0.2) is 0 Å². The zero-order valence-corrected chi connectivity index (χ0v) is 11.6. The molecule has 0 aliphatic heterocycles. The zero-order valence-electron chi connectivity index (χ0n) is 10.8. The minimum Gasteiger partial charge on any atom is -0.395 e. The van der Waals surface area contributed by atoms with Crippen molar-refractivity contribution in [2.24, 2.45) is 5.92 Å². The maximum Gasteiger partial charge on any atom is 0.315 e. The van der Waals surface area contributed by atoms with Gasteiger partial charge in [0.15, 0.2) is 0 Å². The van der Waals surface area contributed by atoms with E-state index in [0.29, 0.717) is 5.92 Å². The van der Waals surface area contributed by atoms with E-state index in [4.69, 9.17) is 5.11 Å². The van der Waals surface area contributed by atoms with Crippen LogP contribution in [0.25, 0.3) is 0 Å². The summed E-state index contributed by atoms with van der Waals surface area (Å²) in [7, 11) is 0. The summed E-state index contributed by atoms with van der Waals surface area (Å²) in [6.45, 7) is 8.08. The van der Waals surface area contributed by atoms with Gasteiger partial charge in [0, 0.05) is 17.3 Å². The molecular weight excluding hydrogens is 224 g/mol. The van der Waals surface area contributed by atoms with Gasteiger partial charge in [0.25, 0.3) is 0 Å². The second-order valence-electron chi connectivity index (χ2n) is 4.40. The predicted octanol–water partition coefficient (Wildman–Crippen LogP) is 1.44. The molecule has 0 heterocycles. The molecule has 0 rings (SSSR count). The number of thioether (sulfide) groups is 1. The minimum atomic E-state index is -0.166. The molecule has 0 aromatic heterocycles. The zero-order chi connectivity index (χ0) is 12.7. The molecule has 16 heavy (non-hydrogen) atoms. The molecule has 0 fully saturated rings. The fraction of sp³-hybridized carbons (Fsp3) is 0.909. The molecule has 0 aromatic rings. The predicted molar refractivity (Wildman–Crippen MR) is 69.8 cm³/mol. The van der Waals surface area contributed by atoms with Crippen molar-refractivity contribution in [3.05, 3.63) is 0 Å². The third-order valence-electron chi connectivity index (χ3n) is 2.76. The van der Waals surface area contributed by atoms with Crippen LogP contribution < -0.4 is 10.6 Å². The summed E-state index contributed by atoms with van der Waals surface area (Å²) in [6.07, 6.45) is 1.92. The first kappa shape index (κ1) is 15.6. The summed E-state index contributed by atoms with van der Waals surface area (Å²) in [5.41, 5.74) is 0. The van der Waals surface area contributed by atoms with Crippen molar-refractivity contribution in [3.8, 4) is 0 Å². The largest absolute Gasteiger partial charge is 0.395 e. The number of carbonyl (C=O) groups excluding carboxylic acids is 1.